The molecule has 3 N–H and O–H groups in total. The largest absolute Gasteiger partial charge is 0.445 e. The molecule has 1 aromatic carbocycles. The molecule has 0 heterocycles. The molecule has 2 rings (SSSR count). The number of rotatable bonds is 11. The summed E-state index contributed by atoms with van der Waals surface area (Å²) in [6.45, 7) is 6.61. The number of ether oxygens (including phenoxy) is 1. The smallest absolute Gasteiger partial charge is 0.408 e. The minimum absolute atomic E-state index is 0.129. The summed E-state index contributed by atoms with van der Waals surface area (Å²) in [5.74, 6) is 0.174. The molecule has 0 bridgehead atoms. The monoisotopic (exact) mass is 445 g/mol. The maximum atomic E-state index is 12.9. The highest BCUT2D eigenvalue weighted by Gasteiger charge is 2.27. The van der Waals surface area contributed by atoms with E-state index in [0.717, 1.165) is 18.4 Å². The Morgan fingerprint density at radius 1 is 0.969 bits per heavy atom. The molecule has 1 aliphatic carbocycles. The summed E-state index contributed by atoms with van der Waals surface area (Å²) in [5.41, 5.74) is 0.869. The summed E-state index contributed by atoms with van der Waals surface area (Å²) in [7, 11) is 0. The molecule has 1 saturated carbocycles. The fraction of sp³-hybridized carbons (Fsp3) is 0.640. The van der Waals surface area contributed by atoms with Crippen LogP contribution in [0.2, 0.25) is 0 Å². The normalized spacial score (nSPS) is 16.1. The lowest BCUT2D eigenvalue weighted by Gasteiger charge is -2.25. The number of benzene rings is 1. The van der Waals surface area contributed by atoms with Crippen LogP contribution in [0.3, 0.4) is 0 Å². The molecule has 1 fully saturated rings. The van der Waals surface area contributed by atoms with E-state index in [1.807, 2.05) is 51.1 Å². The van der Waals surface area contributed by atoms with Gasteiger partial charge in [-0.3, -0.25) is 9.59 Å². The first-order valence-electron chi connectivity index (χ1n) is 11.9. The quantitative estimate of drug-likeness (QED) is 0.481. The predicted molar refractivity (Wildman–Crippen MR) is 125 cm³/mol. The number of carbonyl (C=O) groups is 3. The van der Waals surface area contributed by atoms with Crippen LogP contribution in [0.25, 0.3) is 0 Å². The molecular formula is C25H39N3O4. The van der Waals surface area contributed by atoms with Gasteiger partial charge in [-0.2, -0.15) is 0 Å². The van der Waals surface area contributed by atoms with Gasteiger partial charge in [-0.05, 0) is 43.1 Å². The molecule has 0 saturated heterocycles. The van der Waals surface area contributed by atoms with Crippen molar-refractivity contribution in [1.82, 2.24) is 16.0 Å². The van der Waals surface area contributed by atoms with Gasteiger partial charge in [-0.1, -0.05) is 70.4 Å². The van der Waals surface area contributed by atoms with E-state index in [-0.39, 0.29) is 24.3 Å². The fourth-order valence-corrected chi connectivity index (χ4v) is 3.99. The summed E-state index contributed by atoms with van der Waals surface area (Å²) in [5, 5.41) is 8.49. The minimum atomic E-state index is -0.765. The Kier molecular flexibility index (Phi) is 11.0. The second kappa shape index (κ2) is 13.8. The van der Waals surface area contributed by atoms with Gasteiger partial charge in [0.25, 0.3) is 0 Å². The van der Waals surface area contributed by atoms with Crippen molar-refractivity contribution in [2.45, 2.75) is 84.4 Å². The molecule has 2 atom stereocenters. The van der Waals surface area contributed by atoms with Crippen LogP contribution < -0.4 is 16.0 Å². The zero-order valence-corrected chi connectivity index (χ0v) is 19.7. The van der Waals surface area contributed by atoms with Gasteiger partial charge >= 0.3 is 6.09 Å². The lowest BCUT2D eigenvalue weighted by atomic mass is 9.89. The highest BCUT2D eigenvalue weighted by Crippen LogP contribution is 2.22. The van der Waals surface area contributed by atoms with E-state index in [2.05, 4.69) is 16.0 Å². The van der Waals surface area contributed by atoms with Crippen LogP contribution in [0.4, 0.5) is 4.79 Å². The lowest BCUT2D eigenvalue weighted by Crippen LogP contribution is -2.54. The standard InChI is InChI=1S/C25H39N3O4/c1-4-21(23(29)26-16-19-11-7-5-8-12-19)27-24(30)22(15-18(2)3)28-25(31)32-17-20-13-9-6-10-14-20/h6,9-10,13-14,18-19,21-22H,4-5,7-8,11-12,15-17H2,1-3H3,(H,26,29)(H,27,30)(H,28,31)/t21-,22-/m0/s1. The highest BCUT2D eigenvalue weighted by molar-refractivity contribution is 5.91. The van der Waals surface area contributed by atoms with Crippen molar-refractivity contribution < 1.29 is 19.1 Å². The van der Waals surface area contributed by atoms with E-state index in [1.54, 1.807) is 0 Å². The summed E-state index contributed by atoms with van der Waals surface area (Å²) < 4.78 is 5.27. The van der Waals surface area contributed by atoms with Crippen LogP contribution in [-0.4, -0.2) is 36.5 Å². The number of hydrogen-bond acceptors (Lipinski definition) is 4. The Bertz CT molecular complexity index is 717. The van der Waals surface area contributed by atoms with E-state index in [1.165, 1.54) is 19.3 Å². The Morgan fingerprint density at radius 3 is 2.28 bits per heavy atom. The molecule has 32 heavy (non-hydrogen) atoms. The molecule has 0 aliphatic heterocycles. The molecule has 1 aliphatic rings. The predicted octanol–water partition coefficient (Wildman–Crippen LogP) is 3.92. The second-order valence-corrected chi connectivity index (χ2v) is 9.11. The maximum absolute atomic E-state index is 12.9. The fourth-order valence-electron chi connectivity index (χ4n) is 3.99. The molecule has 7 nitrogen and oxygen atoms in total. The van der Waals surface area contributed by atoms with Gasteiger partial charge in [0.15, 0.2) is 0 Å². The van der Waals surface area contributed by atoms with E-state index < -0.39 is 18.2 Å². The number of carbonyl (C=O) groups excluding carboxylic acids is 3. The maximum Gasteiger partial charge on any atom is 0.408 e. The molecular weight excluding hydrogens is 406 g/mol. The van der Waals surface area contributed by atoms with E-state index >= 15 is 0 Å². The molecule has 0 aromatic heterocycles. The van der Waals surface area contributed by atoms with Crippen LogP contribution in [0.1, 0.15) is 71.3 Å². The zero-order chi connectivity index (χ0) is 23.3. The number of alkyl carbamates (subject to hydrolysis) is 1. The summed E-state index contributed by atoms with van der Waals surface area (Å²) in [4.78, 5) is 37.8. The van der Waals surface area contributed by atoms with Crippen molar-refractivity contribution in [2.24, 2.45) is 11.8 Å². The highest BCUT2D eigenvalue weighted by atomic mass is 16.5. The van der Waals surface area contributed by atoms with Gasteiger partial charge < -0.3 is 20.7 Å². The second-order valence-electron chi connectivity index (χ2n) is 9.11. The average molecular weight is 446 g/mol. The van der Waals surface area contributed by atoms with Gasteiger partial charge in [-0.15, -0.1) is 0 Å². The van der Waals surface area contributed by atoms with Gasteiger partial charge in [0, 0.05) is 6.54 Å². The van der Waals surface area contributed by atoms with Gasteiger partial charge in [-0.25, -0.2) is 4.79 Å². The Labute approximate surface area is 192 Å². The number of amides is 3. The van der Waals surface area contributed by atoms with Crippen LogP contribution >= 0.6 is 0 Å². The molecule has 3 amide bonds. The first-order chi connectivity index (χ1) is 15.4. The first-order valence-corrected chi connectivity index (χ1v) is 11.9. The Hall–Kier alpha value is -2.57. The van der Waals surface area contributed by atoms with Crippen molar-refractivity contribution in [3.05, 3.63) is 35.9 Å². The molecule has 1 aromatic rings. The van der Waals surface area contributed by atoms with Crippen LogP contribution in [0, 0.1) is 11.8 Å². The zero-order valence-electron chi connectivity index (χ0n) is 19.7. The topological polar surface area (TPSA) is 96.5 Å². The van der Waals surface area contributed by atoms with Crippen molar-refractivity contribution in [3.63, 3.8) is 0 Å². The SMILES string of the molecule is CC[C@H](NC(=O)[C@H](CC(C)C)NC(=O)OCc1ccccc1)C(=O)NCC1CCCCC1. The van der Waals surface area contributed by atoms with Crippen LogP contribution in [0.5, 0.6) is 0 Å². The lowest BCUT2D eigenvalue weighted by molar-refractivity contribution is -0.130. The van der Waals surface area contributed by atoms with Gasteiger partial charge in [0.2, 0.25) is 11.8 Å². The van der Waals surface area contributed by atoms with E-state index in [9.17, 15) is 14.4 Å². The van der Waals surface area contributed by atoms with Crippen molar-refractivity contribution >= 4 is 17.9 Å². The third-order valence-corrected chi connectivity index (χ3v) is 5.86. The van der Waals surface area contributed by atoms with Gasteiger partial charge in [0.1, 0.15) is 18.7 Å². The third kappa shape index (κ3) is 9.28. The molecule has 0 radical (unpaired) electrons. The molecule has 178 valence electrons. The molecule has 7 heteroatoms. The summed E-state index contributed by atoms with van der Waals surface area (Å²) >= 11 is 0. The first kappa shape index (κ1) is 25.7. The van der Waals surface area contributed by atoms with Gasteiger partial charge in [0.05, 0.1) is 0 Å². The van der Waals surface area contributed by atoms with Crippen molar-refractivity contribution in [1.29, 1.82) is 0 Å². The van der Waals surface area contributed by atoms with Crippen molar-refractivity contribution in [2.75, 3.05) is 6.54 Å². The Balaban J connectivity index is 1.86. The number of hydrogen-bond donors (Lipinski definition) is 3. The summed E-state index contributed by atoms with van der Waals surface area (Å²) in [6.07, 6.45) is 6.29. The van der Waals surface area contributed by atoms with E-state index in [4.69, 9.17) is 4.74 Å². The third-order valence-electron chi connectivity index (χ3n) is 5.86. The number of nitrogens with one attached hydrogen (secondary N) is 3. The Morgan fingerprint density at radius 2 is 1.66 bits per heavy atom. The van der Waals surface area contributed by atoms with Crippen LogP contribution in [-0.2, 0) is 20.9 Å². The average Bonchev–Trinajstić information content (AvgIpc) is 2.80. The minimum Gasteiger partial charge on any atom is -0.445 e. The molecule has 0 spiro atoms. The van der Waals surface area contributed by atoms with E-state index in [0.29, 0.717) is 25.3 Å². The van der Waals surface area contributed by atoms with Crippen LogP contribution in [0.15, 0.2) is 30.3 Å². The summed E-state index contributed by atoms with van der Waals surface area (Å²) in [6, 6.07) is 7.97. The molecule has 0 unspecified atom stereocenters. The van der Waals surface area contributed by atoms with Crippen molar-refractivity contribution in [3.8, 4) is 0 Å².